The van der Waals surface area contributed by atoms with Crippen LogP contribution in [0.3, 0.4) is 0 Å². The van der Waals surface area contributed by atoms with Gasteiger partial charge in [-0.25, -0.2) is 8.42 Å². The SMILES string of the molecule is CC1CCC(C(=O)O)C(n2cc(S(C)(=O)=O)cn2)C1. The van der Waals surface area contributed by atoms with Gasteiger partial charge < -0.3 is 5.11 Å². The maximum absolute atomic E-state index is 11.4. The van der Waals surface area contributed by atoms with E-state index < -0.39 is 21.7 Å². The molecule has 1 saturated carbocycles. The van der Waals surface area contributed by atoms with Crippen molar-refractivity contribution >= 4 is 15.8 Å². The molecule has 106 valence electrons. The first kappa shape index (κ1) is 14.0. The molecule has 1 aliphatic carbocycles. The van der Waals surface area contributed by atoms with Gasteiger partial charge in [0.05, 0.1) is 18.2 Å². The topological polar surface area (TPSA) is 89.3 Å². The first-order valence-electron chi connectivity index (χ1n) is 6.26. The van der Waals surface area contributed by atoms with Crippen LogP contribution in [0.2, 0.25) is 0 Å². The summed E-state index contributed by atoms with van der Waals surface area (Å²) < 4.78 is 24.4. The van der Waals surface area contributed by atoms with Crippen molar-refractivity contribution in [1.82, 2.24) is 9.78 Å². The van der Waals surface area contributed by atoms with Crippen LogP contribution < -0.4 is 0 Å². The summed E-state index contributed by atoms with van der Waals surface area (Å²) in [5, 5.41) is 13.3. The van der Waals surface area contributed by atoms with E-state index in [4.69, 9.17) is 0 Å². The highest BCUT2D eigenvalue weighted by Crippen LogP contribution is 2.37. The van der Waals surface area contributed by atoms with Gasteiger partial charge in [-0.3, -0.25) is 9.48 Å². The zero-order valence-corrected chi connectivity index (χ0v) is 11.8. The molecular weight excluding hydrogens is 268 g/mol. The lowest BCUT2D eigenvalue weighted by molar-refractivity contribution is -0.145. The number of carboxylic acids is 1. The minimum Gasteiger partial charge on any atom is -0.481 e. The van der Waals surface area contributed by atoms with Crippen LogP contribution in [0, 0.1) is 11.8 Å². The van der Waals surface area contributed by atoms with Crippen LogP contribution in [0.25, 0.3) is 0 Å². The van der Waals surface area contributed by atoms with Crippen LogP contribution in [0.5, 0.6) is 0 Å². The van der Waals surface area contributed by atoms with Crippen LogP contribution in [0.15, 0.2) is 17.3 Å². The number of aromatic nitrogens is 2. The predicted octanol–water partition coefficient (Wildman–Crippen LogP) is 1.35. The minimum absolute atomic E-state index is 0.134. The summed E-state index contributed by atoms with van der Waals surface area (Å²) in [6.07, 6.45) is 6.04. The Morgan fingerprint density at radius 3 is 2.68 bits per heavy atom. The molecule has 0 aliphatic heterocycles. The molecule has 0 radical (unpaired) electrons. The fourth-order valence-corrected chi connectivity index (χ4v) is 3.16. The molecule has 1 heterocycles. The lowest BCUT2D eigenvalue weighted by Gasteiger charge is -2.32. The summed E-state index contributed by atoms with van der Waals surface area (Å²) in [7, 11) is -3.30. The first-order chi connectivity index (χ1) is 8.79. The number of hydrogen-bond acceptors (Lipinski definition) is 4. The molecule has 1 aromatic heterocycles. The smallest absolute Gasteiger partial charge is 0.308 e. The minimum atomic E-state index is -3.30. The number of carboxylic acid groups (broad SMARTS) is 1. The Labute approximate surface area is 112 Å². The van der Waals surface area contributed by atoms with E-state index in [0.29, 0.717) is 18.8 Å². The van der Waals surface area contributed by atoms with Gasteiger partial charge >= 0.3 is 5.97 Å². The Hall–Kier alpha value is -1.37. The number of rotatable bonds is 3. The average Bonchev–Trinajstić information content (AvgIpc) is 2.77. The van der Waals surface area contributed by atoms with Crippen LogP contribution >= 0.6 is 0 Å². The van der Waals surface area contributed by atoms with Gasteiger partial charge in [0, 0.05) is 12.5 Å². The quantitative estimate of drug-likeness (QED) is 0.906. The monoisotopic (exact) mass is 286 g/mol. The molecule has 3 atom stereocenters. The molecular formula is C12H18N2O4S. The Morgan fingerprint density at radius 2 is 2.16 bits per heavy atom. The van der Waals surface area contributed by atoms with Crippen LogP contribution in [-0.4, -0.2) is 35.5 Å². The number of hydrogen-bond donors (Lipinski definition) is 1. The highest BCUT2D eigenvalue weighted by atomic mass is 32.2. The molecule has 1 aromatic rings. The third-order valence-corrected chi connectivity index (χ3v) is 4.81. The molecule has 0 aromatic carbocycles. The van der Waals surface area contributed by atoms with E-state index in [9.17, 15) is 18.3 Å². The Bertz CT molecular complexity index is 578. The van der Waals surface area contributed by atoms with Crippen molar-refractivity contribution in [2.24, 2.45) is 11.8 Å². The summed E-state index contributed by atoms with van der Waals surface area (Å²) in [6.45, 7) is 2.08. The van der Waals surface area contributed by atoms with Crippen LogP contribution in [0.1, 0.15) is 32.2 Å². The maximum atomic E-state index is 11.4. The molecule has 0 bridgehead atoms. The number of nitrogens with zero attached hydrogens (tertiary/aromatic N) is 2. The van der Waals surface area contributed by atoms with Crippen molar-refractivity contribution in [3.05, 3.63) is 12.4 Å². The van der Waals surface area contributed by atoms with E-state index in [1.54, 1.807) is 0 Å². The Kier molecular flexibility index (Phi) is 3.66. The van der Waals surface area contributed by atoms with Gasteiger partial charge in [0.25, 0.3) is 0 Å². The third kappa shape index (κ3) is 2.97. The van der Waals surface area contributed by atoms with E-state index in [1.807, 2.05) is 0 Å². The number of carbonyl (C=O) groups is 1. The molecule has 0 saturated heterocycles. The van der Waals surface area contributed by atoms with E-state index >= 15 is 0 Å². The maximum Gasteiger partial charge on any atom is 0.308 e. The van der Waals surface area contributed by atoms with E-state index in [2.05, 4.69) is 12.0 Å². The fraction of sp³-hybridized carbons (Fsp3) is 0.667. The molecule has 0 amide bonds. The van der Waals surface area contributed by atoms with Crippen molar-refractivity contribution in [1.29, 1.82) is 0 Å². The zero-order chi connectivity index (χ0) is 14.2. The van der Waals surface area contributed by atoms with E-state index in [1.165, 1.54) is 17.1 Å². The predicted molar refractivity (Wildman–Crippen MR) is 68.5 cm³/mol. The molecule has 1 fully saturated rings. The van der Waals surface area contributed by atoms with Crippen molar-refractivity contribution < 1.29 is 18.3 Å². The summed E-state index contributed by atoms with van der Waals surface area (Å²) in [5.74, 6) is -0.914. The first-order valence-corrected chi connectivity index (χ1v) is 8.15. The van der Waals surface area contributed by atoms with Gasteiger partial charge in [0.15, 0.2) is 9.84 Å². The van der Waals surface area contributed by atoms with Gasteiger partial charge in [-0.15, -0.1) is 0 Å². The largest absolute Gasteiger partial charge is 0.481 e. The second-order valence-corrected chi connectivity index (χ2v) is 7.37. The van der Waals surface area contributed by atoms with Crippen molar-refractivity contribution in [3.8, 4) is 0 Å². The molecule has 1 aliphatic rings. The summed E-state index contributed by atoms with van der Waals surface area (Å²) in [5.41, 5.74) is 0. The lowest BCUT2D eigenvalue weighted by Crippen LogP contribution is -2.32. The van der Waals surface area contributed by atoms with Gasteiger partial charge in [0.2, 0.25) is 0 Å². The lowest BCUT2D eigenvalue weighted by atomic mass is 9.79. The summed E-state index contributed by atoms with van der Waals surface area (Å²) in [4.78, 5) is 11.4. The molecule has 2 rings (SSSR count). The standard InChI is InChI=1S/C12H18N2O4S/c1-8-3-4-10(12(15)16)11(5-8)14-7-9(6-13-14)19(2,17)18/h6-8,10-11H,3-5H2,1-2H3,(H,15,16). The normalized spacial score (nSPS) is 28.2. The highest BCUT2D eigenvalue weighted by molar-refractivity contribution is 7.90. The fourth-order valence-electron chi connectivity index (χ4n) is 2.62. The second kappa shape index (κ2) is 4.96. The van der Waals surface area contributed by atoms with Gasteiger partial charge in [0.1, 0.15) is 4.90 Å². The van der Waals surface area contributed by atoms with Gasteiger partial charge in [-0.05, 0) is 25.2 Å². The zero-order valence-electron chi connectivity index (χ0n) is 11.0. The molecule has 19 heavy (non-hydrogen) atoms. The molecule has 3 unspecified atom stereocenters. The van der Waals surface area contributed by atoms with Crippen molar-refractivity contribution in [2.45, 2.75) is 37.1 Å². The third-order valence-electron chi connectivity index (χ3n) is 3.74. The molecule has 1 N–H and O–H groups in total. The Morgan fingerprint density at radius 1 is 1.47 bits per heavy atom. The molecule has 7 heteroatoms. The number of aliphatic carboxylic acids is 1. The summed E-state index contributed by atoms with van der Waals surface area (Å²) >= 11 is 0. The second-order valence-electron chi connectivity index (χ2n) is 5.36. The number of sulfone groups is 1. The van der Waals surface area contributed by atoms with Crippen LogP contribution in [0.4, 0.5) is 0 Å². The van der Waals surface area contributed by atoms with Gasteiger partial charge in [-0.2, -0.15) is 5.10 Å². The van der Waals surface area contributed by atoms with E-state index in [0.717, 1.165) is 12.7 Å². The molecule has 6 nitrogen and oxygen atoms in total. The average molecular weight is 286 g/mol. The summed E-state index contributed by atoms with van der Waals surface area (Å²) in [6, 6.07) is -0.267. The van der Waals surface area contributed by atoms with Crippen LogP contribution in [-0.2, 0) is 14.6 Å². The molecule has 0 spiro atoms. The van der Waals surface area contributed by atoms with E-state index in [-0.39, 0.29) is 10.9 Å². The van der Waals surface area contributed by atoms with Crippen molar-refractivity contribution in [3.63, 3.8) is 0 Å². The van der Waals surface area contributed by atoms with Crippen molar-refractivity contribution in [2.75, 3.05) is 6.26 Å². The highest BCUT2D eigenvalue weighted by Gasteiger charge is 2.35. The Balaban J connectivity index is 2.32. The van der Waals surface area contributed by atoms with Gasteiger partial charge in [-0.1, -0.05) is 6.92 Å².